The molecule has 1 fully saturated rings. The van der Waals surface area contributed by atoms with Crippen molar-refractivity contribution in [1.82, 2.24) is 4.98 Å². The Kier molecular flexibility index (Phi) is 4.27. The zero-order valence-electron chi connectivity index (χ0n) is 13.2. The number of ether oxygens (including phenoxy) is 1. The lowest BCUT2D eigenvalue weighted by atomic mass is 9.97. The number of carbonyl (C=O) groups is 1. The first-order valence-corrected chi connectivity index (χ1v) is 8.00. The van der Waals surface area contributed by atoms with Gasteiger partial charge in [0, 0.05) is 24.7 Å². The summed E-state index contributed by atoms with van der Waals surface area (Å²) in [4.78, 5) is 19.1. The van der Waals surface area contributed by atoms with Crippen LogP contribution >= 0.6 is 0 Å². The normalized spacial score (nSPS) is 16.0. The van der Waals surface area contributed by atoms with Crippen molar-refractivity contribution in [3.63, 3.8) is 0 Å². The Labute approximate surface area is 131 Å². The predicted octanol–water partition coefficient (Wildman–Crippen LogP) is 3.65. The van der Waals surface area contributed by atoms with Crippen LogP contribution in [0.4, 0.5) is 5.69 Å². The number of nitrogens with zero attached hydrogens (tertiary/aromatic N) is 2. The Bertz CT molecular complexity index is 676. The first kappa shape index (κ1) is 14.8. The number of anilines is 1. The Morgan fingerprint density at radius 2 is 2.05 bits per heavy atom. The quantitative estimate of drug-likeness (QED) is 0.811. The molecular formula is C18H22N2O2. The van der Waals surface area contributed by atoms with Gasteiger partial charge in [-0.1, -0.05) is 25.1 Å². The molecule has 0 radical (unpaired) electrons. The summed E-state index contributed by atoms with van der Waals surface area (Å²) in [5, 5.41) is 1.03. The minimum atomic E-state index is -0.283. The highest BCUT2D eigenvalue weighted by molar-refractivity contribution is 6.05. The van der Waals surface area contributed by atoms with Gasteiger partial charge in [0.2, 0.25) is 0 Å². The summed E-state index contributed by atoms with van der Waals surface area (Å²) < 4.78 is 5.22. The van der Waals surface area contributed by atoms with Crippen molar-refractivity contribution in [2.45, 2.75) is 26.7 Å². The van der Waals surface area contributed by atoms with E-state index in [2.05, 4.69) is 16.8 Å². The third kappa shape index (κ3) is 2.78. The number of fused-ring (bicyclic) bond motifs is 1. The predicted molar refractivity (Wildman–Crippen MR) is 88.3 cm³/mol. The highest BCUT2D eigenvalue weighted by Gasteiger charge is 2.24. The maximum absolute atomic E-state index is 12.3. The first-order valence-electron chi connectivity index (χ1n) is 8.00. The molecule has 1 aliphatic heterocycles. The highest BCUT2D eigenvalue weighted by Crippen LogP contribution is 2.33. The zero-order chi connectivity index (χ0) is 15.5. The summed E-state index contributed by atoms with van der Waals surface area (Å²) in [6.45, 7) is 6.44. The molecule has 0 amide bonds. The smallest absolute Gasteiger partial charge is 0.341 e. The SMILES string of the molecule is CCOC(=O)c1cnc2ccccc2c1N1CCC(C)CC1. The molecule has 116 valence electrons. The number of benzene rings is 1. The van der Waals surface area contributed by atoms with E-state index in [9.17, 15) is 4.79 Å². The van der Waals surface area contributed by atoms with E-state index < -0.39 is 0 Å². The number of rotatable bonds is 3. The fourth-order valence-corrected chi connectivity index (χ4v) is 3.06. The van der Waals surface area contributed by atoms with E-state index in [4.69, 9.17) is 4.74 Å². The van der Waals surface area contributed by atoms with Crippen LogP contribution in [0.25, 0.3) is 10.9 Å². The molecule has 0 atom stereocenters. The molecule has 3 rings (SSSR count). The molecule has 1 aliphatic rings. The average Bonchev–Trinajstić information content (AvgIpc) is 2.55. The van der Waals surface area contributed by atoms with Crippen molar-refractivity contribution in [2.24, 2.45) is 5.92 Å². The maximum Gasteiger partial charge on any atom is 0.341 e. The van der Waals surface area contributed by atoms with Gasteiger partial charge in [0.05, 0.1) is 17.8 Å². The molecule has 22 heavy (non-hydrogen) atoms. The van der Waals surface area contributed by atoms with Gasteiger partial charge in [-0.05, 0) is 31.7 Å². The van der Waals surface area contributed by atoms with Crippen molar-refractivity contribution in [2.75, 3.05) is 24.6 Å². The van der Waals surface area contributed by atoms with Gasteiger partial charge in [0.1, 0.15) is 5.56 Å². The van der Waals surface area contributed by atoms with Crippen molar-refractivity contribution in [1.29, 1.82) is 0 Å². The molecule has 4 heteroatoms. The van der Waals surface area contributed by atoms with Crippen LogP contribution in [0.1, 0.15) is 37.0 Å². The van der Waals surface area contributed by atoms with Crippen LogP contribution in [-0.2, 0) is 4.74 Å². The number of hydrogen-bond acceptors (Lipinski definition) is 4. The van der Waals surface area contributed by atoms with Gasteiger partial charge < -0.3 is 9.64 Å². The van der Waals surface area contributed by atoms with Crippen molar-refractivity contribution >= 4 is 22.6 Å². The van der Waals surface area contributed by atoms with Crippen LogP contribution in [-0.4, -0.2) is 30.6 Å². The third-order valence-electron chi connectivity index (χ3n) is 4.34. The van der Waals surface area contributed by atoms with Gasteiger partial charge in [-0.3, -0.25) is 4.98 Å². The third-order valence-corrected chi connectivity index (χ3v) is 4.34. The molecule has 4 nitrogen and oxygen atoms in total. The van der Waals surface area contributed by atoms with E-state index >= 15 is 0 Å². The molecule has 0 saturated carbocycles. The van der Waals surface area contributed by atoms with Crippen LogP contribution in [0.2, 0.25) is 0 Å². The number of piperidine rings is 1. The van der Waals surface area contributed by atoms with Crippen LogP contribution in [0, 0.1) is 5.92 Å². The molecule has 0 spiro atoms. The Balaban J connectivity index is 2.10. The molecule has 2 heterocycles. The van der Waals surface area contributed by atoms with Crippen LogP contribution < -0.4 is 4.90 Å². The standard InChI is InChI=1S/C18H22N2O2/c1-3-22-18(21)15-12-19-16-7-5-4-6-14(16)17(15)20-10-8-13(2)9-11-20/h4-7,12-13H,3,8-11H2,1-2H3. The van der Waals surface area contributed by atoms with Gasteiger partial charge in [-0.25, -0.2) is 4.79 Å². The Morgan fingerprint density at radius 3 is 2.77 bits per heavy atom. The largest absolute Gasteiger partial charge is 0.462 e. The van der Waals surface area contributed by atoms with Gasteiger partial charge in [-0.2, -0.15) is 0 Å². The number of pyridine rings is 1. The van der Waals surface area contributed by atoms with Gasteiger partial charge in [0.15, 0.2) is 0 Å². The minimum Gasteiger partial charge on any atom is -0.462 e. The first-order chi connectivity index (χ1) is 10.7. The maximum atomic E-state index is 12.3. The van der Waals surface area contributed by atoms with Crippen LogP contribution in [0.3, 0.4) is 0 Å². The van der Waals surface area contributed by atoms with Gasteiger partial charge in [-0.15, -0.1) is 0 Å². The summed E-state index contributed by atoms with van der Waals surface area (Å²) in [6, 6.07) is 8.00. The van der Waals surface area contributed by atoms with Crippen molar-refractivity contribution in [3.05, 3.63) is 36.0 Å². The lowest BCUT2D eigenvalue weighted by molar-refractivity contribution is 0.0526. The number of para-hydroxylation sites is 1. The summed E-state index contributed by atoms with van der Waals surface area (Å²) in [5.74, 6) is 0.463. The number of carbonyl (C=O) groups excluding carboxylic acids is 1. The van der Waals surface area contributed by atoms with E-state index in [1.165, 1.54) is 0 Å². The van der Waals surface area contributed by atoms with Gasteiger partial charge >= 0.3 is 5.97 Å². The van der Waals surface area contributed by atoms with E-state index in [0.717, 1.165) is 48.4 Å². The lowest BCUT2D eigenvalue weighted by Crippen LogP contribution is -2.34. The molecule has 1 aromatic heterocycles. The van der Waals surface area contributed by atoms with Gasteiger partial charge in [0.25, 0.3) is 0 Å². The Morgan fingerprint density at radius 1 is 1.32 bits per heavy atom. The summed E-state index contributed by atoms with van der Waals surface area (Å²) >= 11 is 0. The molecular weight excluding hydrogens is 276 g/mol. The van der Waals surface area contributed by atoms with E-state index in [-0.39, 0.29) is 5.97 Å². The highest BCUT2D eigenvalue weighted by atomic mass is 16.5. The topological polar surface area (TPSA) is 42.4 Å². The molecule has 1 saturated heterocycles. The van der Waals surface area contributed by atoms with Crippen LogP contribution in [0.5, 0.6) is 0 Å². The fourth-order valence-electron chi connectivity index (χ4n) is 3.06. The van der Waals surface area contributed by atoms with Crippen molar-refractivity contribution < 1.29 is 9.53 Å². The second kappa shape index (κ2) is 6.34. The number of hydrogen-bond donors (Lipinski definition) is 0. The Hall–Kier alpha value is -2.10. The summed E-state index contributed by atoms with van der Waals surface area (Å²) in [7, 11) is 0. The second-order valence-corrected chi connectivity index (χ2v) is 5.93. The van der Waals surface area contributed by atoms with Crippen LogP contribution in [0.15, 0.2) is 30.5 Å². The zero-order valence-corrected chi connectivity index (χ0v) is 13.2. The molecule has 0 N–H and O–H groups in total. The fraction of sp³-hybridized carbons (Fsp3) is 0.444. The monoisotopic (exact) mass is 298 g/mol. The minimum absolute atomic E-state index is 0.283. The van der Waals surface area contributed by atoms with Crippen molar-refractivity contribution in [3.8, 4) is 0 Å². The molecule has 2 aromatic rings. The molecule has 0 aliphatic carbocycles. The lowest BCUT2D eigenvalue weighted by Gasteiger charge is -2.33. The van der Waals surface area contributed by atoms with E-state index in [0.29, 0.717) is 12.2 Å². The number of esters is 1. The summed E-state index contributed by atoms with van der Waals surface area (Å²) in [5.41, 5.74) is 2.48. The van der Waals surface area contributed by atoms with E-state index in [1.807, 2.05) is 31.2 Å². The second-order valence-electron chi connectivity index (χ2n) is 5.93. The average molecular weight is 298 g/mol. The van der Waals surface area contributed by atoms with E-state index in [1.54, 1.807) is 6.20 Å². The molecule has 0 bridgehead atoms. The molecule has 0 unspecified atom stereocenters. The summed E-state index contributed by atoms with van der Waals surface area (Å²) in [6.07, 6.45) is 3.96. The number of aromatic nitrogens is 1. The molecule has 1 aromatic carbocycles.